The van der Waals surface area contributed by atoms with Gasteiger partial charge in [-0.25, -0.2) is 0 Å². The Hall–Kier alpha value is 0.270. The average Bonchev–Trinajstić information content (AvgIpc) is 2.36. The van der Waals surface area contributed by atoms with Crippen molar-refractivity contribution in [1.29, 1.82) is 0 Å². The summed E-state index contributed by atoms with van der Waals surface area (Å²) in [5, 5.41) is 3.90. The highest BCUT2D eigenvalue weighted by Crippen LogP contribution is 2.34. The van der Waals surface area contributed by atoms with E-state index < -0.39 is 0 Å². The molecular weight excluding hydrogens is 240 g/mol. The largest absolute Gasteiger partial charge is 0.308 e. The van der Waals surface area contributed by atoms with Crippen LogP contribution < -0.4 is 5.32 Å². The minimum Gasteiger partial charge on any atom is -0.308 e. The van der Waals surface area contributed by atoms with E-state index in [2.05, 4.69) is 42.7 Å². The van der Waals surface area contributed by atoms with Gasteiger partial charge in [0, 0.05) is 36.5 Å². The second kappa shape index (κ2) is 6.15. The molecule has 2 aliphatic rings. The number of rotatable bonds is 4. The second-order valence-corrected chi connectivity index (χ2v) is 8.02. The van der Waals surface area contributed by atoms with Crippen molar-refractivity contribution in [3.05, 3.63) is 0 Å². The SMILES string of the molecule is CCSCCN1CC2(CCCCC2)NCC1(C)C. The summed E-state index contributed by atoms with van der Waals surface area (Å²) < 4.78 is 0. The van der Waals surface area contributed by atoms with Gasteiger partial charge in [-0.05, 0) is 32.4 Å². The fraction of sp³-hybridized carbons (Fsp3) is 1.00. The molecule has 0 amide bonds. The molecule has 0 aromatic carbocycles. The van der Waals surface area contributed by atoms with Crippen LogP contribution >= 0.6 is 11.8 Å². The van der Waals surface area contributed by atoms with Gasteiger partial charge in [0.15, 0.2) is 0 Å². The van der Waals surface area contributed by atoms with Gasteiger partial charge in [-0.15, -0.1) is 0 Å². The molecule has 1 N–H and O–H groups in total. The van der Waals surface area contributed by atoms with Crippen LogP contribution in [0.15, 0.2) is 0 Å². The minimum atomic E-state index is 0.330. The third-order valence-electron chi connectivity index (χ3n) is 4.77. The number of nitrogens with zero attached hydrogens (tertiary/aromatic N) is 1. The van der Waals surface area contributed by atoms with Crippen molar-refractivity contribution < 1.29 is 0 Å². The first-order valence-corrected chi connectivity index (χ1v) is 8.81. The Kier molecular flexibility index (Phi) is 5.01. The predicted octanol–water partition coefficient (Wildman–Crippen LogP) is 3.13. The van der Waals surface area contributed by atoms with Gasteiger partial charge in [0.2, 0.25) is 0 Å². The van der Waals surface area contributed by atoms with Crippen LogP contribution in [0.25, 0.3) is 0 Å². The number of thioether (sulfide) groups is 1. The first-order chi connectivity index (χ1) is 8.58. The fourth-order valence-electron chi connectivity index (χ4n) is 3.42. The minimum absolute atomic E-state index is 0.330. The van der Waals surface area contributed by atoms with Crippen molar-refractivity contribution >= 4 is 11.8 Å². The van der Waals surface area contributed by atoms with Gasteiger partial charge in [0.25, 0.3) is 0 Å². The summed E-state index contributed by atoms with van der Waals surface area (Å²) in [6.07, 6.45) is 7.06. The van der Waals surface area contributed by atoms with Crippen molar-refractivity contribution in [2.75, 3.05) is 31.1 Å². The molecule has 3 heteroatoms. The molecule has 0 bridgehead atoms. The van der Waals surface area contributed by atoms with E-state index in [1.54, 1.807) is 0 Å². The van der Waals surface area contributed by atoms with E-state index in [0.717, 1.165) is 6.54 Å². The molecule has 106 valence electrons. The molecule has 1 saturated heterocycles. The summed E-state index contributed by atoms with van der Waals surface area (Å²) in [4.78, 5) is 2.75. The molecule has 18 heavy (non-hydrogen) atoms. The van der Waals surface area contributed by atoms with Crippen LogP contribution in [0.3, 0.4) is 0 Å². The zero-order valence-electron chi connectivity index (χ0n) is 12.4. The van der Waals surface area contributed by atoms with Crippen LogP contribution in [0.2, 0.25) is 0 Å². The summed E-state index contributed by atoms with van der Waals surface area (Å²) in [5.74, 6) is 2.54. The highest BCUT2D eigenvalue weighted by Gasteiger charge is 2.42. The molecular formula is C15H30N2S. The normalized spacial score (nSPS) is 27.5. The van der Waals surface area contributed by atoms with Crippen LogP contribution in [0.4, 0.5) is 0 Å². The maximum absolute atomic E-state index is 3.90. The fourth-order valence-corrected chi connectivity index (χ4v) is 4.05. The molecule has 1 aliphatic carbocycles. The third kappa shape index (κ3) is 3.43. The molecule has 0 atom stereocenters. The van der Waals surface area contributed by atoms with Crippen molar-refractivity contribution in [3.63, 3.8) is 0 Å². The first-order valence-electron chi connectivity index (χ1n) is 7.66. The van der Waals surface area contributed by atoms with Gasteiger partial charge >= 0.3 is 0 Å². The molecule has 2 rings (SSSR count). The number of piperazine rings is 1. The summed E-state index contributed by atoms with van der Waals surface area (Å²) in [6.45, 7) is 10.7. The van der Waals surface area contributed by atoms with E-state index in [1.165, 1.54) is 56.7 Å². The lowest BCUT2D eigenvalue weighted by atomic mass is 9.78. The highest BCUT2D eigenvalue weighted by atomic mass is 32.2. The Balaban J connectivity index is 1.95. The van der Waals surface area contributed by atoms with E-state index in [1.807, 2.05) is 0 Å². The molecule has 1 saturated carbocycles. The van der Waals surface area contributed by atoms with Gasteiger partial charge in [-0.1, -0.05) is 26.2 Å². The summed E-state index contributed by atoms with van der Waals surface area (Å²) in [5.41, 5.74) is 0.779. The Bertz CT molecular complexity index is 259. The van der Waals surface area contributed by atoms with Gasteiger partial charge in [-0.3, -0.25) is 4.90 Å². The number of nitrogens with one attached hydrogen (secondary N) is 1. The molecule has 2 fully saturated rings. The highest BCUT2D eigenvalue weighted by molar-refractivity contribution is 7.99. The van der Waals surface area contributed by atoms with Gasteiger partial charge in [-0.2, -0.15) is 11.8 Å². The van der Waals surface area contributed by atoms with Crippen molar-refractivity contribution in [3.8, 4) is 0 Å². The van der Waals surface area contributed by atoms with Crippen LogP contribution in [-0.4, -0.2) is 47.1 Å². The van der Waals surface area contributed by atoms with Crippen LogP contribution in [0.1, 0.15) is 52.9 Å². The lowest BCUT2D eigenvalue weighted by Gasteiger charge is -2.53. The van der Waals surface area contributed by atoms with Crippen LogP contribution in [0, 0.1) is 0 Å². The molecule has 2 nitrogen and oxygen atoms in total. The van der Waals surface area contributed by atoms with Gasteiger partial charge in [0.1, 0.15) is 0 Å². The van der Waals surface area contributed by atoms with E-state index in [4.69, 9.17) is 0 Å². The number of hydrogen-bond acceptors (Lipinski definition) is 3. The van der Waals surface area contributed by atoms with Crippen molar-refractivity contribution in [2.24, 2.45) is 0 Å². The standard InChI is InChI=1S/C15H30N2S/c1-4-18-11-10-17-13-15(8-6-5-7-9-15)16-12-14(17,2)3/h16H,4-13H2,1-3H3. The van der Waals surface area contributed by atoms with Gasteiger partial charge < -0.3 is 5.32 Å². The van der Waals surface area contributed by atoms with E-state index in [0.29, 0.717) is 11.1 Å². The van der Waals surface area contributed by atoms with E-state index in [9.17, 15) is 0 Å². The Morgan fingerprint density at radius 3 is 2.56 bits per heavy atom. The molecule has 0 aromatic rings. The molecule has 0 unspecified atom stereocenters. The van der Waals surface area contributed by atoms with Crippen LogP contribution in [-0.2, 0) is 0 Å². The maximum Gasteiger partial charge on any atom is 0.0309 e. The molecule has 1 spiro atoms. The summed E-state index contributed by atoms with van der Waals surface area (Å²) in [7, 11) is 0. The Morgan fingerprint density at radius 2 is 1.89 bits per heavy atom. The quantitative estimate of drug-likeness (QED) is 0.790. The number of hydrogen-bond donors (Lipinski definition) is 1. The van der Waals surface area contributed by atoms with E-state index in [-0.39, 0.29) is 0 Å². The lowest BCUT2D eigenvalue weighted by Crippen LogP contribution is -2.68. The first kappa shape index (κ1) is 14.7. The zero-order valence-corrected chi connectivity index (χ0v) is 13.2. The Labute approximate surface area is 117 Å². The molecule has 1 aliphatic heterocycles. The molecule has 0 radical (unpaired) electrons. The lowest BCUT2D eigenvalue weighted by molar-refractivity contribution is 0.0156. The third-order valence-corrected chi connectivity index (χ3v) is 5.65. The zero-order chi connectivity index (χ0) is 13.1. The summed E-state index contributed by atoms with van der Waals surface area (Å²) in [6, 6.07) is 0. The van der Waals surface area contributed by atoms with Crippen molar-refractivity contribution in [2.45, 2.75) is 64.0 Å². The topological polar surface area (TPSA) is 15.3 Å². The predicted molar refractivity (Wildman–Crippen MR) is 82.5 cm³/mol. The Morgan fingerprint density at radius 1 is 1.17 bits per heavy atom. The molecule has 0 aromatic heterocycles. The summed E-state index contributed by atoms with van der Waals surface area (Å²) >= 11 is 2.08. The van der Waals surface area contributed by atoms with E-state index >= 15 is 0 Å². The smallest absolute Gasteiger partial charge is 0.0309 e. The van der Waals surface area contributed by atoms with Crippen molar-refractivity contribution in [1.82, 2.24) is 10.2 Å². The maximum atomic E-state index is 3.90. The van der Waals surface area contributed by atoms with Crippen LogP contribution in [0.5, 0.6) is 0 Å². The van der Waals surface area contributed by atoms with Gasteiger partial charge in [0.05, 0.1) is 0 Å². The average molecular weight is 270 g/mol. The second-order valence-electron chi connectivity index (χ2n) is 6.63. The molecule has 1 heterocycles. The monoisotopic (exact) mass is 270 g/mol.